The summed E-state index contributed by atoms with van der Waals surface area (Å²) in [6.07, 6.45) is 1.92. The van der Waals surface area contributed by atoms with E-state index < -0.39 is 0 Å². The smallest absolute Gasteiger partial charge is 0.231 e. The van der Waals surface area contributed by atoms with Crippen molar-refractivity contribution in [3.8, 4) is 11.5 Å². The van der Waals surface area contributed by atoms with Crippen molar-refractivity contribution in [1.82, 2.24) is 0 Å². The quantitative estimate of drug-likeness (QED) is 0.439. The summed E-state index contributed by atoms with van der Waals surface area (Å²) in [5, 5.41) is 0. The largest absolute Gasteiger partial charge is 0.454 e. The number of hydrogen-bond donors (Lipinski definition) is 0. The predicted molar refractivity (Wildman–Crippen MR) is 74.1 cm³/mol. The molecule has 0 fully saturated rings. The minimum absolute atomic E-state index is 0.343. The van der Waals surface area contributed by atoms with Crippen LogP contribution in [0.2, 0.25) is 0 Å². The van der Waals surface area contributed by atoms with Crippen molar-refractivity contribution in [1.29, 1.82) is 0 Å². The molecule has 1 heterocycles. The van der Waals surface area contributed by atoms with E-state index in [2.05, 4.69) is 12.6 Å². The summed E-state index contributed by atoms with van der Waals surface area (Å²) in [5.74, 6) is 3.67. The second-order valence-corrected chi connectivity index (χ2v) is 7.37. The topological polar surface area (TPSA) is 18.5 Å². The van der Waals surface area contributed by atoms with Crippen LogP contribution in [0.5, 0.6) is 11.5 Å². The van der Waals surface area contributed by atoms with E-state index in [0.29, 0.717) is 6.79 Å². The van der Waals surface area contributed by atoms with Gasteiger partial charge >= 0.3 is 0 Å². The molecule has 2 nitrogen and oxygen atoms in total. The van der Waals surface area contributed by atoms with Gasteiger partial charge in [0, 0.05) is 11.5 Å². The molecule has 0 N–H and O–H groups in total. The highest BCUT2D eigenvalue weighted by Gasteiger charge is 2.12. The van der Waals surface area contributed by atoms with E-state index in [1.807, 2.05) is 29.0 Å². The third-order valence-corrected chi connectivity index (χ3v) is 6.03. The van der Waals surface area contributed by atoms with Gasteiger partial charge in [0.25, 0.3) is 0 Å². The van der Waals surface area contributed by atoms with Gasteiger partial charge in [-0.25, -0.2) is 0 Å². The zero-order valence-corrected chi connectivity index (χ0v) is 11.1. The number of benzene rings is 1. The average molecular weight is 272 g/mol. The van der Waals surface area contributed by atoms with Gasteiger partial charge in [-0.15, -0.1) is 6.58 Å². The maximum Gasteiger partial charge on any atom is 0.231 e. The Morgan fingerprint density at radius 3 is 3.00 bits per heavy atom. The third-order valence-electron chi connectivity index (χ3n) is 1.94. The van der Waals surface area contributed by atoms with Crippen LogP contribution in [0.4, 0.5) is 0 Å². The Morgan fingerprint density at radius 2 is 2.12 bits per heavy atom. The summed E-state index contributed by atoms with van der Waals surface area (Å²) < 4.78 is 10.6. The molecule has 0 aromatic heterocycles. The standard InChI is InChI=1S/C11H12O2S3/c1-2-5-14-16-15-7-9-3-4-10-11(6-9)13-8-12-10/h2-4,6H,1,5,7-8H2. The van der Waals surface area contributed by atoms with Crippen molar-refractivity contribution in [2.75, 3.05) is 12.5 Å². The van der Waals surface area contributed by atoms with Crippen LogP contribution in [0.3, 0.4) is 0 Å². The lowest BCUT2D eigenvalue weighted by molar-refractivity contribution is 0.174. The Bertz CT molecular complexity index is 368. The van der Waals surface area contributed by atoms with Crippen molar-refractivity contribution in [3.05, 3.63) is 36.4 Å². The number of ether oxygens (including phenoxy) is 2. The molecule has 86 valence electrons. The number of fused-ring (bicyclic) bond motifs is 1. The number of hydrogen-bond acceptors (Lipinski definition) is 5. The summed E-state index contributed by atoms with van der Waals surface area (Å²) in [7, 11) is 5.43. The Labute approximate surface area is 107 Å². The molecule has 1 aliphatic rings. The predicted octanol–water partition coefficient (Wildman–Crippen LogP) is 4.13. The van der Waals surface area contributed by atoms with E-state index in [1.165, 1.54) is 5.56 Å². The van der Waals surface area contributed by atoms with Gasteiger partial charge in [-0.3, -0.25) is 0 Å². The summed E-state index contributed by atoms with van der Waals surface area (Å²) >= 11 is 0. The maximum absolute atomic E-state index is 5.33. The average Bonchev–Trinajstić information content (AvgIpc) is 2.76. The minimum Gasteiger partial charge on any atom is -0.454 e. The van der Waals surface area contributed by atoms with E-state index in [0.717, 1.165) is 23.0 Å². The van der Waals surface area contributed by atoms with Gasteiger partial charge in [-0.05, 0) is 27.5 Å². The van der Waals surface area contributed by atoms with E-state index >= 15 is 0 Å². The summed E-state index contributed by atoms with van der Waals surface area (Å²) in [6.45, 7) is 4.03. The van der Waals surface area contributed by atoms with Gasteiger partial charge in [-0.2, -0.15) is 0 Å². The van der Waals surface area contributed by atoms with Gasteiger partial charge in [0.2, 0.25) is 6.79 Å². The van der Waals surface area contributed by atoms with Gasteiger partial charge in [0.15, 0.2) is 11.5 Å². The molecule has 0 saturated carbocycles. The molecule has 16 heavy (non-hydrogen) atoms. The molecule has 0 unspecified atom stereocenters. The molecular weight excluding hydrogens is 260 g/mol. The molecule has 2 rings (SSSR count). The van der Waals surface area contributed by atoms with Crippen molar-refractivity contribution in [2.24, 2.45) is 0 Å². The molecule has 5 heteroatoms. The van der Waals surface area contributed by atoms with E-state index in [-0.39, 0.29) is 0 Å². The van der Waals surface area contributed by atoms with Crippen LogP contribution in [0.25, 0.3) is 0 Å². The first-order chi connectivity index (χ1) is 7.90. The Balaban J connectivity index is 1.79. The molecule has 0 saturated heterocycles. The molecule has 1 aliphatic heterocycles. The molecule has 1 aromatic carbocycles. The lowest BCUT2D eigenvalue weighted by Crippen LogP contribution is -1.92. The van der Waals surface area contributed by atoms with Crippen molar-refractivity contribution in [2.45, 2.75) is 5.75 Å². The molecule has 0 radical (unpaired) electrons. The van der Waals surface area contributed by atoms with Gasteiger partial charge in [0.05, 0.1) is 0 Å². The van der Waals surface area contributed by atoms with E-state index in [9.17, 15) is 0 Å². The first-order valence-corrected chi connectivity index (χ1v) is 8.63. The highest BCUT2D eigenvalue weighted by atomic mass is 33.5. The second kappa shape index (κ2) is 6.37. The molecule has 0 spiro atoms. The van der Waals surface area contributed by atoms with Crippen LogP contribution < -0.4 is 9.47 Å². The van der Waals surface area contributed by atoms with Crippen LogP contribution in [0.15, 0.2) is 30.9 Å². The lowest BCUT2D eigenvalue weighted by Gasteiger charge is -2.01. The van der Waals surface area contributed by atoms with E-state index in [4.69, 9.17) is 9.47 Å². The highest BCUT2D eigenvalue weighted by molar-refractivity contribution is 9.09. The Kier molecular flexibility index (Phi) is 4.81. The minimum atomic E-state index is 0.343. The second-order valence-electron chi connectivity index (χ2n) is 3.09. The lowest BCUT2D eigenvalue weighted by atomic mass is 10.2. The van der Waals surface area contributed by atoms with Crippen LogP contribution in [0.1, 0.15) is 5.56 Å². The maximum atomic E-state index is 5.33. The zero-order valence-electron chi connectivity index (χ0n) is 8.68. The van der Waals surface area contributed by atoms with Gasteiger partial charge in [-0.1, -0.05) is 33.7 Å². The normalized spacial score (nSPS) is 12.8. The molecular formula is C11H12O2S3. The van der Waals surface area contributed by atoms with Crippen molar-refractivity contribution >= 4 is 31.4 Å². The molecule has 0 bridgehead atoms. The zero-order chi connectivity index (χ0) is 11.2. The van der Waals surface area contributed by atoms with Crippen LogP contribution in [0, 0.1) is 0 Å². The van der Waals surface area contributed by atoms with Gasteiger partial charge < -0.3 is 9.47 Å². The molecule has 0 amide bonds. The van der Waals surface area contributed by atoms with Crippen molar-refractivity contribution < 1.29 is 9.47 Å². The summed E-state index contributed by atoms with van der Waals surface area (Å²) in [6, 6.07) is 6.10. The third kappa shape index (κ3) is 3.30. The number of rotatable bonds is 6. The van der Waals surface area contributed by atoms with Gasteiger partial charge in [0.1, 0.15) is 0 Å². The molecule has 1 aromatic rings. The Morgan fingerprint density at radius 1 is 1.25 bits per heavy atom. The fraction of sp³-hybridized carbons (Fsp3) is 0.273. The van der Waals surface area contributed by atoms with Crippen molar-refractivity contribution in [3.63, 3.8) is 0 Å². The SMILES string of the molecule is C=CCSSSCc1ccc2c(c1)OCO2. The van der Waals surface area contributed by atoms with Crippen LogP contribution in [-0.2, 0) is 5.75 Å². The van der Waals surface area contributed by atoms with Crippen LogP contribution >= 0.6 is 31.4 Å². The summed E-state index contributed by atoms with van der Waals surface area (Å²) in [5.41, 5.74) is 1.26. The fourth-order valence-corrected chi connectivity index (χ4v) is 4.57. The first kappa shape index (κ1) is 12.1. The monoisotopic (exact) mass is 272 g/mol. The fourth-order valence-electron chi connectivity index (χ4n) is 1.23. The summed E-state index contributed by atoms with van der Waals surface area (Å²) in [4.78, 5) is 0. The highest BCUT2D eigenvalue weighted by Crippen LogP contribution is 2.39. The first-order valence-electron chi connectivity index (χ1n) is 4.80. The molecule has 0 aliphatic carbocycles. The van der Waals surface area contributed by atoms with Crippen LogP contribution in [-0.4, -0.2) is 12.5 Å². The van der Waals surface area contributed by atoms with E-state index in [1.54, 1.807) is 20.6 Å². The Hall–Kier alpha value is -0.390. The molecule has 0 atom stereocenters.